The number of aromatic nitrogens is 3. The van der Waals surface area contributed by atoms with E-state index in [-0.39, 0.29) is 54.3 Å². The van der Waals surface area contributed by atoms with Crippen molar-refractivity contribution in [2.24, 2.45) is 7.05 Å². The van der Waals surface area contributed by atoms with Gasteiger partial charge in [0, 0.05) is 69.4 Å². The Morgan fingerprint density at radius 3 is 2.43 bits per heavy atom. The molecule has 5 amide bonds. The maximum absolute atomic E-state index is 13.2. The number of carbonyl (C=O) groups excluding carboxylic acids is 5. The number of nitrogens with zero attached hydrogens (tertiary/aromatic N) is 5. The van der Waals surface area contributed by atoms with E-state index in [0.29, 0.717) is 67.0 Å². The molecule has 0 saturated carbocycles. The first kappa shape index (κ1) is 38.4. The number of rotatable bonds is 11. The molecular formula is C39H40F3N7O7. The van der Waals surface area contributed by atoms with Crippen molar-refractivity contribution >= 4 is 46.3 Å². The number of carbonyl (C=O) groups is 5. The summed E-state index contributed by atoms with van der Waals surface area (Å²) in [5, 5.41) is 5.37. The standard InChI is InChI=1S/C39H40F3N7O7/c1-22-18-25(21-46(2)36(22)53)24-5-8-29-31(19-24)48(16-17-56-39(40,41)42)34(44-29)23-11-14-47(15-12-23)33(51)4-3-13-43-26-6-7-27-28(20-26)38(55)49(37(27)54)30-9-10-32(50)45-35(30)52/h5-8,18-21,23,30,43H,3-4,9-17H2,1-2H3,(H,45,50,52). The predicted octanol–water partition coefficient (Wildman–Crippen LogP) is 4.25. The summed E-state index contributed by atoms with van der Waals surface area (Å²) in [7, 11) is 1.66. The summed E-state index contributed by atoms with van der Waals surface area (Å²) < 4.78 is 46.3. The second-order valence-corrected chi connectivity index (χ2v) is 14.3. The Bertz CT molecular complexity index is 2280. The molecule has 5 heterocycles. The molecule has 2 aromatic heterocycles. The fourth-order valence-corrected chi connectivity index (χ4v) is 7.75. The number of nitrogens with one attached hydrogen (secondary N) is 2. The highest BCUT2D eigenvalue weighted by Crippen LogP contribution is 2.34. The first-order valence-electron chi connectivity index (χ1n) is 18.4. The minimum Gasteiger partial charge on any atom is -0.385 e. The number of fused-ring (bicyclic) bond motifs is 2. The van der Waals surface area contributed by atoms with E-state index >= 15 is 0 Å². The maximum atomic E-state index is 13.2. The molecule has 14 nitrogen and oxygen atoms in total. The van der Waals surface area contributed by atoms with Crippen molar-refractivity contribution < 1.29 is 41.9 Å². The molecule has 0 spiro atoms. The highest BCUT2D eigenvalue weighted by molar-refractivity contribution is 6.23. The number of hydrogen-bond donors (Lipinski definition) is 2. The lowest BCUT2D eigenvalue weighted by Crippen LogP contribution is -2.54. The third-order valence-electron chi connectivity index (χ3n) is 10.6. The van der Waals surface area contributed by atoms with Gasteiger partial charge in [-0.05, 0) is 80.1 Å². The number of anilines is 1. The average molecular weight is 776 g/mol. The van der Waals surface area contributed by atoms with Crippen molar-refractivity contribution in [3.63, 3.8) is 0 Å². The van der Waals surface area contributed by atoms with Gasteiger partial charge < -0.3 is 19.4 Å². The van der Waals surface area contributed by atoms with Crippen LogP contribution in [-0.4, -0.2) is 92.1 Å². The number of alkyl halides is 3. The number of likely N-dealkylation sites (tertiary alicyclic amines) is 1. The summed E-state index contributed by atoms with van der Waals surface area (Å²) in [6.07, 6.45) is -1.10. The highest BCUT2D eigenvalue weighted by atomic mass is 19.4. The van der Waals surface area contributed by atoms with Gasteiger partial charge in [-0.2, -0.15) is 0 Å². The van der Waals surface area contributed by atoms with Crippen molar-refractivity contribution in [1.29, 1.82) is 0 Å². The molecule has 1 unspecified atom stereocenters. The molecule has 4 aromatic rings. The van der Waals surface area contributed by atoms with E-state index in [9.17, 15) is 41.9 Å². The number of aryl methyl sites for hydroxylation is 2. The van der Waals surface area contributed by atoms with E-state index in [2.05, 4.69) is 15.4 Å². The monoisotopic (exact) mass is 775 g/mol. The molecule has 2 saturated heterocycles. The predicted molar refractivity (Wildman–Crippen MR) is 197 cm³/mol. The van der Waals surface area contributed by atoms with Crippen molar-refractivity contribution in [3.8, 4) is 11.1 Å². The van der Waals surface area contributed by atoms with Crippen molar-refractivity contribution in [3.05, 3.63) is 81.5 Å². The first-order chi connectivity index (χ1) is 26.7. The van der Waals surface area contributed by atoms with Crippen LogP contribution < -0.4 is 16.2 Å². The van der Waals surface area contributed by atoms with Crippen molar-refractivity contribution in [2.45, 2.75) is 70.3 Å². The smallest absolute Gasteiger partial charge is 0.385 e. The molecule has 17 heteroatoms. The Balaban J connectivity index is 0.957. The molecule has 0 radical (unpaired) electrons. The topological polar surface area (TPSA) is 165 Å². The Morgan fingerprint density at radius 2 is 1.71 bits per heavy atom. The third kappa shape index (κ3) is 7.80. The van der Waals surface area contributed by atoms with Crippen molar-refractivity contribution in [2.75, 3.05) is 31.6 Å². The fraction of sp³-hybridized carbons (Fsp3) is 0.410. The van der Waals surface area contributed by atoms with Crippen LogP contribution >= 0.6 is 0 Å². The zero-order valence-corrected chi connectivity index (χ0v) is 30.8. The number of halogens is 3. The number of hydrogen-bond acceptors (Lipinski definition) is 9. The zero-order chi connectivity index (χ0) is 39.9. The van der Waals surface area contributed by atoms with Gasteiger partial charge in [-0.25, -0.2) is 4.98 Å². The van der Waals surface area contributed by atoms with Crippen LogP contribution in [0.25, 0.3) is 22.2 Å². The minimum atomic E-state index is -4.78. The lowest BCUT2D eigenvalue weighted by Gasteiger charge is -2.32. The number of ether oxygens (including phenoxy) is 1. The van der Waals surface area contributed by atoms with Crippen LogP contribution in [0.15, 0.2) is 53.5 Å². The molecule has 2 fully saturated rings. The number of piperidine rings is 2. The molecule has 3 aliphatic rings. The summed E-state index contributed by atoms with van der Waals surface area (Å²) in [5.41, 5.74) is 4.18. The first-order valence-corrected chi connectivity index (χ1v) is 18.4. The molecule has 0 aliphatic carbocycles. The van der Waals surface area contributed by atoms with Gasteiger partial charge in [-0.3, -0.25) is 43.7 Å². The van der Waals surface area contributed by atoms with Crippen LogP contribution in [0.4, 0.5) is 18.9 Å². The summed E-state index contributed by atoms with van der Waals surface area (Å²) in [6.45, 7) is 2.35. The lowest BCUT2D eigenvalue weighted by molar-refractivity contribution is -0.325. The van der Waals surface area contributed by atoms with Crippen LogP contribution in [-0.2, 0) is 32.7 Å². The van der Waals surface area contributed by atoms with Gasteiger partial charge in [0.25, 0.3) is 17.4 Å². The largest absolute Gasteiger partial charge is 0.522 e. The van der Waals surface area contributed by atoms with E-state index in [1.807, 2.05) is 18.2 Å². The average Bonchev–Trinajstić information content (AvgIpc) is 3.64. The van der Waals surface area contributed by atoms with Gasteiger partial charge in [-0.15, -0.1) is 13.2 Å². The summed E-state index contributed by atoms with van der Waals surface area (Å²) in [5.74, 6) is -1.83. The summed E-state index contributed by atoms with van der Waals surface area (Å²) in [6, 6.07) is 11.0. The van der Waals surface area contributed by atoms with Gasteiger partial charge in [0.2, 0.25) is 17.7 Å². The van der Waals surface area contributed by atoms with Crippen LogP contribution in [0.5, 0.6) is 0 Å². The Morgan fingerprint density at radius 1 is 0.964 bits per heavy atom. The SMILES string of the molecule is Cc1cc(-c2ccc3nc(C4CCN(C(=O)CCCNc5ccc6c(c5)C(=O)N(C5CCC(=O)NC5=O)C6=O)CC4)n(CCOC(F)(F)F)c3c2)cn(C)c1=O. The second kappa shape index (κ2) is 15.4. The normalized spacial score (nSPS) is 17.8. The number of pyridine rings is 1. The molecule has 294 valence electrons. The van der Waals surface area contributed by atoms with Crippen LogP contribution in [0.2, 0.25) is 0 Å². The maximum Gasteiger partial charge on any atom is 0.522 e. The van der Waals surface area contributed by atoms with Crippen molar-refractivity contribution in [1.82, 2.24) is 29.2 Å². The van der Waals surface area contributed by atoms with Crippen LogP contribution in [0.1, 0.15) is 76.5 Å². The van der Waals surface area contributed by atoms with Gasteiger partial charge in [-0.1, -0.05) is 6.07 Å². The molecule has 2 N–H and O–H groups in total. The quantitative estimate of drug-likeness (QED) is 0.168. The van der Waals surface area contributed by atoms with Gasteiger partial charge in [0.15, 0.2) is 0 Å². The lowest BCUT2D eigenvalue weighted by atomic mass is 9.95. The number of benzene rings is 2. The second-order valence-electron chi connectivity index (χ2n) is 14.3. The van der Waals surface area contributed by atoms with E-state index in [1.165, 1.54) is 10.6 Å². The number of amides is 5. The Kier molecular flexibility index (Phi) is 10.5. The number of imidazole rings is 1. The van der Waals surface area contributed by atoms with Crippen LogP contribution in [0.3, 0.4) is 0 Å². The van der Waals surface area contributed by atoms with Gasteiger partial charge in [0.05, 0.1) is 28.8 Å². The molecule has 2 aromatic carbocycles. The number of imide groups is 2. The highest BCUT2D eigenvalue weighted by Gasteiger charge is 2.44. The minimum absolute atomic E-state index is 0.0302. The molecule has 56 heavy (non-hydrogen) atoms. The van der Waals surface area contributed by atoms with E-state index in [0.717, 1.165) is 16.0 Å². The van der Waals surface area contributed by atoms with E-state index < -0.39 is 42.6 Å². The molecule has 3 aliphatic heterocycles. The fourth-order valence-electron chi connectivity index (χ4n) is 7.75. The summed E-state index contributed by atoms with van der Waals surface area (Å²) in [4.78, 5) is 83.0. The molecule has 1 atom stereocenters. The van der Waals surface area contributed by atoms with Crippen LogP contribution in [0, 0.1) is 6.92 Å². The third-order valence-corrected chi connectivity index (χ3v) is 10.6. The molecule has 7 rings (SSSR count). The Hall–Kier alpha value is -5.84. The zero-order valence-electron chi connectivity index (χ0n) is 30.8. The van der Waals surface area contributed by atoms with Gasteiger partial charge in [0.1, 0.15) is 11.9 Å². The molecule has 0 bridgehead atoms. The van der Waals surface area contributed by atoms with Gasteiger partial charge >= 0.3 is 6.36 Å². The summed E-state index contributed by atoms with van der Waals surface area (Å²) >= 11 is 0. The molecular weight excluding hydrogens is 735 g/mol. The Labute approximate surface area is 318 Å². The van der Waals surface area contributed by atoms with E-state index in [4.69, 9.17) is 4.98 Å². The van der Waals surface area contributed by atoms with E-state index in [1.54, 1.807) is 47.8 Å².